The van der Waals surface area contributed by atoms with E-state index in [9.17, 15) is 5.58 Å². The Labute approximate surface area is 622 Å². The molecule has 552 valence electrons. The van der Waals surface area contributed by atoms with Gasteiger partial charge in [0.05, 0.1) is 0 Å². The van der Waals surface area contributed by atoms with E-state index in [4.69, 9.17) is 0 Å². The summed E-state index contributed by atoms with van der Waals surface area (Å²) in [6.07, 6.45) is 27.8. The molecular weight excluding hydrogens is 1330 g/mol. The van der Waals surface area contributed by atoms with Gasteiger partial charge in [0.15, 0.2) is 0 Å². The molecule has 1 saturated heterocycles. The molecule has 4 heteroatoms. The fraction of sp³-hybridized carbons (Fsp3) is 0.750. The van der Waals surface area contributed by atoms with E-state index in [0.717, 1.165) is 103 Å². The Morgan fingerprint density at radius 1 is 0.200 bits per heavy atom. The molecule has 0 aromatic heterocycles. The summed E-state index contributed by atoms with van der Waals surface area (Å²) in [7, 11) is 0. The number of benzene rings is 4. The summed E-state index contributed by atoms with van der Waals surface area (Å²) in [5.74, 6) is 0. The van der Waals surface area contributed by atoms with Crippen LogP contribution in [0.3, 0.4) is 0 Å². The van der Waals surface area contributed by atoms with E-state index < -0.39 is 27.9 Å². The Bertz CT molecular complexity index is 3240. The maximum atomic E-state index is 10.8. The molecular formula is C96H148Ge2O2. The molecule has 1 heterocycles. The van der Waals surface area contributed by atoms with Gasteiger partial charge < -0.3 is 0 Å². The first-order valence-corrected chi connectivity index (χ1v) is 50.4. The third kappa shape index (κ3) is 9.23. The van der Waals surface area contributed by atoms with Crippen LogP contribution in [0.1, 0.15) is 465 Å². The van der Waals surface area contributed by atoms with Gasteiger partial charge in [-0.1, -0.05) is 0 Å². The summed E-state index contributed by atoms with van der Waals surface area (Å²) in [5.41, 5.74) is 26.4. The first-order valence-electron chi connectivity index (χ1n) is 42.8. The predicted molar refractivity (Wildman–Crippen MR) is 437 cm³/mol. The predicted octanol–water partition coefficient (Wildman–Crippen LogP) is 24.5. The number of hydrogen-bond donors (Lipinski definition) is 0. The van der Waals surface area contributed by atoms with Crippen LogP contribution in [-0.2, 0) is 92.2 Å². The van der Waals surface area contributed by atoms with Crippen molar-refractivity contribution in [1.29, 1.82) is 0 Å². The summed E-state index contributed by atoms with van der Waals surface area (Å²) < 4.78 is 28.5. The van der Waals surface area contributed by atoms with Crippen LogP contribution in [0.2, 0.25) is 0 Å². The molecule has 0 spiro atoms. The molecule has 2 nitrogen and oxygen atoms in total. The van der Waals surface area contributed by atoms with Crippen LogP contribution in [0.15, 0.2) is 24.3 Å². The van der Waals surface area contributed by atoms with E-state index in [1.54, 1.807) is 107 Å². The average Bonchev–Trinajstić information content (AvgIpc) is 1.37. The Kier molecular flexibility index (Phi) is 17.7. The molecule has 8 aliphatic carbocycles. The van der Waals surface area contributed by atoms with Crippen molar-refractivity contribution >= 4 is 45.5 Å². The van der Waals surface area contributed by atoms with Crippen LogP contribution in [0, 0.1) is 0 Å². The second kappa shape index (κ2) is 23.2. The molecule has 100 heavy (non-hydrogen) atoms. The van der Waals surface area contributed by atoms with E-state index in [-0.39, 0.29) is 86.6 Å². The molecule has 13 rings (SSSR count). The second-order valence-electron chi connectivity index (χ2n) is 42.2. The van der Waals surface area contributed by atoms with Crippen molar-refractivity contribution in [2.24, 2.45) is 0 Å². The summed E-state index contributed by atoms with van der Waals surface area (Å²) in [6.45, 7) is 85.2. The van der Waals surface area contributed by atoms with Crippen LogP contribution in [0.25, 0.3) is 0 Å². The van der Waals surface area contributed by atoms with Crippen molar-refractivity contribution in [2.45, 2.75) is 462 Å². The second-order valence-corrected chi connectivity index (χ2v) is 56.9. The molecule has 0 N–H and O–H groups in total. The molecule has 1 aliphatic heterocycles. The van der Waals surface area contributed by atoms with Crippen molar-refractivity contribution in [1.82, 2.24) is 0 Å². The van der Waals surface area contributed by atoms with Gasteiger partial charge in [-0.15, -0.1) is 0 Å². The van der Waals surface area contributed by atoms with Crippen molar-refractivity contribution in [3.05, 3.63) is 113 Å². The van der Waals surface area contributed by atoms with E-state index in [1.807, 2.05) is 0 Å². The molecule has 0 unspecified atom stereocenters. The molecule has 1 fully saturated rings. The average molecular weight is 1480 g/mol. The monoisotopic (exact) mass is 1480 g/mol. The van der Waals surface area contributed by atoms with E-state index in [1.165, 1.54) is 51.4 Å². The molecule has 4 aromatic rings. The van der Waals surface area contributed by atoms with Gasteiger partial charge in [-0.25, -0.2) is 0 Å². The number of fused-ring (bicyclic) bond motifs is 8. The van der Waals surface area contributed by atoms with Crippen LogP contribution in [0.5, 0.6) is 0 Å². The fourth-order valence-electron chi connectivity index (χ4n) is 29.4. The Hall–Kier alpha value is -2.11. The zero-order valence-corrected chi connectivity index (χ0v) is 75.3. The van der Waals surface area contributed by atoms with Crippen molar-refractivity contribution < 1.29 is 5.58 Å². The van der Waals surface area contributed by atoms with Gasteiger partial charge in [-0.05, 0) is 0 Å². The molecule has 0 saturated carbocycles. The minimum atomic E-state index is -5.20. The quantitative estimate of drug-likeness (QED) is 0.0821. The molecule has 0 radical (unpaired) electrons. The van der Waals surface area contributed by atoms with Crippen LogP contribution in [-0.4, -0.2) is 27.9 Å². The standard InChI is InChI=1S/C96H148Ge2O2/c1-33-89(34-2)53-81(17,18)69-61(89)49-62-70(82(19,20)54-90(62,35-3)36-4)77(69)97(78-71-63(91(37-5,38-6)55-83(71,21)22)50-64-72(78)84(23,24)56-92(64,39-7)40-8)99-98(100-97,79-73-65(93(41-9,42-10)57-85(73,25)26)51-66-74(79)86(27,28)58-94(66,43-11)44-12)80-75-67(95(45-13,46-14)59-87(75,29)30)52-68-76(80)88(31,32)60-96(68,47-15)48-16/h49-52H,33-48,53-60H2,1-32H3. The fourth-order valence-corrected chi connectivity index (χ4v) is 65.2. The Balaban J connectivity index is 1.41. The summed E-state index contributed by atoms with van der Waals surface area (Å²) >= 11 is -10.4. The van der Waals surface area contributed by atoms with Gasteiger partial charge in [-0.3, -0.25) is 0 Å². The molecule has 0 atom stereocenters. The number of rotatable bonds is 20. The summed E-state index contributed by atoms with van der Waals surface area (Å²) in [6, 6.07) is 11.9. The van der Waals surface area contributed by atoms with Crippen LogP contribution >= 0.6 is 0 Å². The third-order valence-corrected chi connectivity index (χ3v) is 58.9. The maximum absolute atomic E-state index is 10.8. The first-order chi connectivity index (χ1) is 46.4. The summed E-state index contributed by atoms with van der Waals surface area (Å²) in [4.78, 5) is 0. The topological polar surface area (TPSA) is 18.5 Å². The first kappa shape index (κ1) is 76.1. The van der Waals surface area contributed by atoms with Crippen LogP contribution < -0.4 is 17.6 Å². The zero-order chi connectivity index (χ0) is 73.8. The molecule has 0 amide bonds. The zero-order valence-electron chi connectivity index (χ0n) is 71.1. The number of hydrogen-bond acceptors (Lipinski definition) is 2. The van der Waals surface area contributed by atoms with Gasteiger partial charge >= 0.3 is 627 Å². The Morgan fingerprint density at radius 3 is 0.390 bits per heavy atom. The molecule has 9 aliphatic rings. The van der Waals surface area contributed by atoms with E-state index >= 15 is 0 Å². The van der Waals surface area contributed by atoms with E-state index in [0.29, 0.717) is 0 Å². The van der Waals surface area contributed by atoms with Crippen molar-refractivity contribution in [2.75, 3.05) is 0 Å². The summed E-state index contributed by atoms with van der Waals surface area (Å²) in [5, 5.41) is 0. The van der Waals surface area contributed by atoms with Crippen molar-refractivity contribution in [3.8, 4) is 0 Å². The molecule has 4 aromatic carbocycles. The minimum absolute atomic E-state index is 0.0390. The van der Waals surface area contributed by atoms with Gasteiger partial charge in [0.2, 0.25) is 0 Å². The third-order valence-electron chi connectivity index (χ3n) is 34.3. The Morgan fingerprint density at radius 2 is 0.300 bits per heavy atom. The SMILES string of the molecule is CCC1(CC)CC(C)(C)c2c1cc1c([c]2[Ge]2([c]3c4c(cc5c3C(C)(C)CC5(CC)CC)C(CC)(CC)CC4(C)C)[O][Ge]([c]3c4c(cc5c3C(C)(C)CC5(CC)CC)C(CC)(CC)CC4(C)C)([c]3c4c(cc5c3C(C)(C)CC5(CC)CC)C(CC)(CC)CC4(C)C)[O]2)C(C)(C)CC1(CC)CC. The van der Waals surface area contributed by atoms with Gasteiger partial charge in [0.1, 0.15) is 0 Å². The van der Waals surface area contributed by atoms with Crippen LogP contribution in [0.4, 0.5) is 0 Å². The molecule has 0 bridgehead atoms. The normalized spacial score (nSPS) is 26.5. The van der Waals surface area contributed by atoms with E-state index in [2.05, 4.69) is 246 Å². The van der Waals surface area contributed by atoms with Gasteiger partial charge in [-0.2, -0.15) is 0 Å². The van der Waals surface area contributed by atoms with Gasteiger partial charge in [0, 0.05) is 0 Å². The van der Waals surface area contributed by atoms with Gasteiger partial charge in [0.25, 0.3) is 0 Å². The van der Waals surface area contributed by atoms with Crippen molar-refractivity contribution in [3.63, 3.8) is 0 Å².